The Morgan fingerprint density at radius 2 is 0.742 bits per heavy atom. The van der Waals surface area contributed by atoms with E-state index < -0.39 is 124 Å². The number of carbonyl (C=O) groups excluding carboxylic acids is 1. The molecule has 3 aliphatic rings. The van der Waals surface area contributed by atoms with Gasteiger partial charge >= 0.3 is 0 Å². The average molecular weight is 1330 g/mol. The van der Waals surface area contributed by atoms with Gasteiger partial charge in [-0.3, -0.25) is 4.79 Å². The molecule has 0 radical (unpaired) electrons. The van der Waals surface area contributed by atoms with Crippen molar-refractivity contribution in [3.05, 3.63) is 48.6 Å². The molecule has 0 aromatic rings. The molecule has 0 aromatic heterocycles. The van der Waals surface area contributed by atoms with Gasteiger partial charge in [-0.25, -0.2) is 0 Å². The molecule has 3 fully saturated rings. The normalized spacial score (nSPS) is 27.8. The lowest BCUT2D eigenvalue weighted by Gasteiger charge is -2.48. The zero-order valence-corrected chi connectivity index (χ0v) is 57.7. The van der Waals surface area contributed by atoms with Gasteiger partial charge in [0.25, 0.3) is 0 Å². The second-order valence-corrected chi connectivity index (χ2v) is 26.7. The fourth-order valence-electron chi connectivity index (χ4n) is 12.7. The molecule has 3 aliphatic heterocycles. The van der Waals surface area contributed by atoms with Gasteiger partial charge < -0.3 is 89.9 Å². The third-order valence-corrected chi connectivity index (χ3v) is 18.7. The maximum absolute atomic E-state index is 13.4. The van der Waals surface area contributed by atoms with Crippen LogP contribution in [0.4, 0.5) is 0 Å². The van der Waals surface area contributed by atoms with Gasteiger partial charge in [-0.05, 0) is 51.4 Å². The van der Waals surface area contributed by atoms with E-state index in [4.69, 9.17) is 28.4 Å². The van der Waals surface area contributed by atoms with Crippen molar-refractivity contribution in [2.75, 3.05) is 26.4 Å². The Hall–Kier alpha value is -2.25. The lowest BCUT2D eigenvalue weighted by Crippen LogP contribution is -2.66. The van der Waals surface area contributed by atoms with E-state index in [0.29, 0.717) is 12.8 Å². The smallest absolute Gasteiger partial charge is 0.220 e. The van der Waals surface area contributed by atoms with Crippen molar-refractivity contribution in [1.82, 2.24) is 5.32 Å². The van der Waals surface area contributed by atoms with Crippen LogP contribution in [0.5, 0.6) is 0 Å². The lowest BCUT2D eigenvalue weighted by molar-refractivity contribution is -0.379. The standard InChI is InChI=1S/C74H135NO18/c1-3-5-7-9-11-13-15-17-19-20-21-22-23-24-25-26-27-28-29-30-31-32-33-34-35-36-38-39-41-43-45-47-49-51-58(79)57(75-62(80)52-50-48-46-44-42-40-37-18-16-14-12-10-8-6-4-2)56-88-72-68(86)65(83)70(60(54-77)90-72)93-74-69(87)66(84)71(61(55-78)91-74)92-73-67(85)64(82)63(81)59(53-76)89-73/h6,8,12,14,18,37,42,44,57-61,63-74,76-79,81-87H,3-5,7,9-11,13,15-17,19-36,38-41,43,45-56H2,1-2H3,(H,75,80)/b8-6-,14-12-,37-18-,44-42-. The Kier molecular flexibility index (Phi) is 50.8. The van der Waals surface area contributed by atoms with E-state index in [0.717, 1.165) is 64.2 Å². The summed E-state index contributed by atoms with van der Waals surface area (Å²) < 4.78 is 34.4. The van der Waals surface area contributed by atoms with E-state index in [1.54, 1.807) is 0 Å². The first-order chi connectivity index (χ1) is 45.3. The number of aliphatic hydroxyl groups excluding tert-OH is 11. The van der Waals surface area contributed by atoms with E-state index in [-0.39, 0.29) is 18.9 Å². The second kappa shape index (κ2) is 55.6. The SMILES string of the molecule is CC/C=C\C/C=C\C/C=C\C/C=C\CCCCC(=O)NC(COC1OC(CO)C(OC2OC(CO)C(OC3OC(CO)C(O)C(O)C3O)C(O)C2O)C(O)C1O)C(O)CCCCCCCCCCCCCCCCCCCCCCCCCCCCCCCCCCC. The van der Waals surface area contributed by atoms with Gasteiger partial charge in [0.15, 0.2) is 18.9 Å². The number of carbonyl (C=O) groups is 1. The van der Waals surface area contributed by atoms with E-state index in [1.807, 2.05) is 0 Å². The summed E-state index contributed by atoms with van der Waals surface area (Å²) in [5.74, 6) is -0.281. The number of rotatable bonds is 58. The van der Waals surface area contributed by atoms with Crippen molar-refractivity contribution in [1.29, 1.82) is 0 Å². The molecule has 0 spiro atoms. The molecular weight excluding hydrogens is 1190 g/mol. The van der Waals surface area contributed by atoms with Crippen molar-refractivity contribution in [2.45, 2.75) is 388 Å². The maximum Gasteiger partial charge on any atom is 0.220 e. The fourth-order valence-corrected chi connectivity index (χ4v) is 12.7. The first-order valence-corrected chi connectivity index (χ1v) is 37.4. The molecule has 544 valence electrons. The molecular formula is C74H135NO18. The topological polar surface area (TPSA) is 307 Å². The van der Waals surface area contributed by atoms with Gasteiger partial charge in [0.1, 0.15) is 73.2 Å². The predicted molar refractivity (Wildman–Crippen MR) is 365 cm³/mol. The number of amides is 1. The third-order valence-electron chi connectivity index (χ3n) is 18.7. The molecule has 0 aliphatic carbocycles. The first-order valence-electron chi connectivity index (χ1n) is 37.4. The van der Waals surface area contributed by atoms with Crippen LogP contribution in [0.1, 0.15) is 284 Å². The summed E-state index contributed by atoms with van der Waals surface area (Å²) in [6, 6.07) is -0.912. The highest BCUT2D eigenvalue weighted by molar-refractivity contribution is 5.76. The zero-order valence-electron chi connectivity index (χ0n) is 57.7. The molecule has 12 N–H and O–H groups in total. The molecule has 1 amide bonds. The van der Waals surface area contributed by atoms with Gasteiger partial charge in [0, 0.05) is 6.42 Å². The number of hydrogen-bond donors (Lipinski definition) is 12. The second-order valence-electron chi connectivity index (χ2n) is 26.7. The van der Waals surface area contributed by atoms with E-state index in [2.05, 4.69) is 67.8 Å². The van der Waals surface area contributed by atoms with Gasteiger partial charge in [0.2, 0.25) is 5.91 Å². The maximum atomic E-state index is 13.4. The van der Waals surface area contributed by atoms with Crippen LogP contribution < -0.4 is 5.32 Å². The highest BCUT2D eigenvalue weighted by Gasteiger charge is 2.53. The molecule has 3 rings (SSSR count). The van der Waals surface area contributed by atoms with Gasteiger partial charge in [-0.2, -0.15) is 0 Å². The molecule has 19 nitrogen and oxygen atoms in total. The summed E-state index contributed by atoms with van der Waals surface area (Å²) in [6.07, 6.45) is 40.9. The number of ether oxygens (including phenoxy) is 6. The Labute approximate surface area is 561 Å². The number of hydrogen-bond acceptors (Lipinski definition) is 18. The number of unbranched alkanes of at least 4 members (excludes halogenated alkanes) is 34. The largest absolute Gasteiger partial charge is 0.394 e. The van der Waals surface area contributed by atoms with Gasteiger partial charge in [-0.15, -0.1) is 0 Å². The van der Waals surface area contributed by atoms with Crippen LogP contribution in [0.15, 0.2) is 48.6 Å². The quantitative estimate of drug-likeness (QED) is 0.0199. The summed E-state index contributed by atoms with van der Waals surface area (Å²) in [5.41, 5.74) is 0. The minimum atomic E-state index is -1.98. The van der Waals surface area contributed by atoms with Crippen LogP contribution in [0.25, 0.3) is 0 Å². The van der Waals surface area contributed by atoms with Gasteiger partial charge in [0.05, 0.1) is 38.6 Å². The van der Waals surface area contributed by atoms with Crippen molar-refractivity contribution in [3.8, 4) is 0 Å². The van der Waals surface area contributed by atoms with E-state index in [1.165, 1.54) is 186 Å². The molecule has 0 bridgehead atoms. The summed E-state index contributed by atoms with van der Waals surface area (Å²) in [7, 11) is 0. The summed E-state index contributed by atoms with van der Waals surface area (Å²) in [5, 5.41) is 121. The van der Waals surface area contributed by atoms with Crippen LogP contribution in [-0.4, -0.2) is 193 Å². The van der Waals surface area contributed by atoms with E-state index >= 15 is 0 Å². The molecule has 93 heavy (non-hydrogen) atoms. The van der Waals surface area contributed by atoms with Gasteiger partial charge in [-0.1, -0.05) is 274 Å². The number of aliphatic hydroxyl groups is 11. The molecule has 17 atom stereocenters. The highest BCUT2D eigenvalue weighted by Crippen LogP contribution is 2.33. The van der Waals surface area contributed by atoms with Crippen LogP contribution in [-0.2, 0) is 33.2 Å². The van der Waals surface area contributed by atoms with Crippen molar-refractivity contribution in [2.24, 2.45) is 0 Å². The molecule has 0 saturated carbocycles. The van der Waals surface area contributed by atoms with Crippen molar-refractivity contribution in [3.63, 3.8) is 0 Å². The average Bonchev–Trinajstić information content (AvgIpc) is 0.814. The Morgan fingerprint density at radius 1 is 0.398 bits per heavy atom. The van der Waals surface area contributed by atoms with Crippen molar-refractivity contribution < 1.29 is 89.4 Å². The summed E-state index contributed by atoms with van der Waals surface area (Å²) in [6.45, 7) is 1.67. The Bertz CT molecular complexity index is 1870. The number of nitrogens with one attached hydrogen (secondary N) is 1. The molecule has 0 aromatic carbocycles. The molecule has 3 saturated heterocycles. The monoisotopic (exact) mass is 1330 g/mol. The third kappa shape index (κ3) is 37.0. The van der Waals surface area contributed by atoms with Crippen LogP contribution in [0.2, 0.25) is 0 Å². The minimum Gasteiger partial charge on any atom is -0.394 e. The highest BCUT2D eigenvalue weighted by atomic mass is 16.8. The first kappa shape index (κ1) is 85.0. The Balaban J connectivity index is 1.36. The van der Waals surface area contributed by atoms with E-state index in [9.17, 15) is 61.0 Å². The van der Waals surface area contributed by atoms with Crippen LogP contribution >= 0.6 is 0 Å². The minimum absolute atomic E-state index is 0.213. The fraction of sp³-hybridized carbons (Fsp3) is 0.878. The number of allylic oxidation sites excluding steroid dienone is 8. The Morgan fingerprint density at radius 3 is 1.14 bits per heavy atom. The molecule has 3 heterocycles. The van der Waals surface area contributed by atoms with Crippen LogP contribution in [0, 0.1) is 0 Å². The summed E-state index contributed by atoms with van der Waals surface area (Å²) >= 11 is 0. The molecule has 19 heteroatoms. The van der Waals surface area contributed by atoms with Crippen LogP contribution in [0.3, 0.4) is 0 Å². The predicted octanol–water partition coefficient (Wildman–Crippen LogP) is 10.9. The lowest BCUT2D eigenvalue weighted by atomic mass is 9.96. The summed E-state index contributed by atoms with van der Waals surface area (Å²) in [4.78, 5) is 13.4. The van der Waals surface area contributed by atoms with Crippen molar-refractivity contribution >= 4 is 5.91 Å². The molecule has 17 unspecified atom stereocenters. The zero-order chi connectivity index (χ0) is 67.5.